The second-order valence-electron chi connectivity index (χ2n) is 6.73. The molecule has 130 valence electrons. The van der Waals surface area contributed by atoms with E-state index in [4.69, 9.17) is 4.42 Å². The molecule has 6 nitrogen and oxygen atoms in total. The fourth-order valence-corrected chi connectivity index (χ4v) is 5.15. The normalized spacial score (nSPS) is 24.1. The van der Waals surface area contributed by atoms with Crippen molar-refractivity contribution in [3.8, 4) is 0 Å². The van der Waals surface area contributed by atoms with E-state index in [-0.39, 0.29) is 30.0 Å². The summed E-state index contributed by atoms with van der Waals surface area (Å²) in [6, 6.07) is 9.34. The third-order valence-electron chi connectivity index (χ3n) is 4.43. The number of amides is 1. The fraction of sp³-hybridized carbons (Fsp3) is 0.471. The summed E-state index contributed by atoms with van der Waals surface area (Å²) in [5.41, 5.74) is 0.258. The molecule has 0 bridgehead atoms. The van der Waals surface area contributed by atoms with Gasteiger partial charge in [0.2, 0.25) is 5.91 Å². The number of fused-ring (bicyclic) bond motifs is 1. The summed E-state index contributed by atoms with van der Waals surface area (Å²) in [6.45, 7) is 3.78. The lowest BCUT2D eigenvalue weighted by atomic mass is 10.0. The van der Waals surface area contributed by atoms with Crippen molar-refractivity contribution >= 4 is 26.7 Å². The van der Waals surface area contributed by atoms with Crippen LogP contribution in [0.25, 0.3) is 11.0 Å². The Bertz CT molecular complexity index is 825. The Morgan fingerprint density at radius 1 is 1.38 bits per heavy atom. The molecule has 1 aromatic heterocycles. The van der Waals surface area contributed by atoms with Crippen molar-refractivity contribution in [3.63, 3.8) is 0 Å². The number of hydrogen-bond acceptors (Lipinski definition) is 5. The first-order chi connectivity index (χ1) is 11.3. The fourth-order valence-electron chi connectivity index (χ4n) is 3.02. The van der Waals surface area contributed by atoms with Crippen molar-refractivity contribution in [2.75, 3.05) is 18.1 Å². The third kappa shape index (κ3) is 3.79. The number of sulfone groups is 1. The first-order valence-electron chi connectivity index (χ1n) is 8.00. The minimum Gasteiger partial charge on any atom is -0.459 e. The molecule has 0 radical (unpaired) electrons. The van der Waals surface area contributed by atoms with Gasteiger partial charge < -0.3 is 15.1 Å². The maximum absolute atomic E-state index is 12.1. The second-order valence-corrected chi connectivity index (χ2v) is 8.92. The van der Waals surface area contributed by atoms with Crippen LogP contribution >= 0.6 is 0 Å². The Balaban J connectivity index is 1.56. The van der Waals surface area contributed by atoms with Gasteiger partial charge in [0.15, 0.2) is 9.84 Å². The number of carbonyl (C=O) groups is 1. The average molecular weight is 350 g/mol. The van der Waals surface area contributed by atoms with Crippen LogP contribution in [0, 0.1) is 0 Å². The summed E-state index contributed by atoms with van der Waals surface area (Å²) in [5, 5.41) is 6.95. The third-order valence-corrected chi connectivity index (χ3v) is 6.33. The lowest BCUT2D eigenvalue weighted by Gasteiger charge is -2.24. The van der Waals surface area contributed by atoms with Crippen molar-refractivity contribution < 1.29 is 17.6 Å². The molecule has 0 aliphatic carbocycles. The van der Waals surface area contributed by atoms with Gasteiger partial charge in [-0.3, -0.25) is 4.79 Å². The average Bonchev–Trinajstić information content (AvgIpc) is 3.06. The molecule has 3 rings (SSSR count). The predicted molar refractivity (Wildman–Crippen MR) is 92.5 cm³/mol. The molecule has 1 aliphatic heterocycles. The van der Waals surface area contributed by atoms with Gasteiger partial charge in [0.25, 0.3) is 0 Å². The molecule has 2 atom stereocenters. The number of para-hydroxylation sites is 1. The van der Waals surface area contributed by atoms with E-state index in [0.29, 0.717) is 12.2 Å². The lowest BCUT2D eigenvalue weighted by molar-refractivity contribution is -0.121. The number of benzene rings is 1. The van der Waals surface area contributed by atoms with Crippen LogP contribution in [-0.2, 0) is 14.6 Å². The van der Waals surface area contributed by atoms with Gasteiger partial charge in [0, 0.05) is 10.9 Å². The summed E-state index contributed by atoms with van der Waals surface area (Å²) >= 11 is 0. The van der Waals surface area contributed by atoms with Crippen molar-refractivity contribution in [2.24, 2.45) is 0 Å². The molecule has 2 N–H and O–H groups in total. The molecule has 1 aromatic carbocycles. The van der Waals surface area contributed by atoms with Crippen LogP contribution in [0.1, 0.15) is 32.1 Å². The molecule has 1 fully saturated rings. The Labute approximate surface area is 141 Å². The molecule has 1 aliphatic rings. The Hall–Kier alpha value is -1.86. The molecule has 0 saturated carbocycles. The van der Waals surface area contributed by atoms with Gasteiger partial charge in [0.1, 0.15) is 11.3 Å². The van der Waals surface area contributed by atoms with E-state index in [9.17, 15) is 13.2 Å². The number of hydrogen-bond donors (Lipinski definition) is 2. The highest BCUT2D eigenvalue weighted by Crippen LogP contribution is 2.24. The first kappa shape index (κ1) is 17.0. The lowest BCUT2D eigenvalue weighted by Crippen LogP contribution is -2.48. The van der Waals surface area contributed by atoms with Crippen LogP contribution < -0.4 is 10.6 Å². The van der Waals surface area contributed by atoms with Gasteiger partial charge in [0.05, 0.1) is 24.1 Å². The van der Waals surface area contributed by atoms with E-state index in [1.54, 1.807) is 0 Å². The maximum Gasteiger partial charge on any atom is 0.234 e. The van der Waals surface area contributed by atoms with Gasteiger partial charge in [-0.25, -0.2) is 8.42 Å². The van der Waals surface area contributed by atoms with E-state index in [1.807, 2.05) is 44.2 Å². The van der Waals surface area contributed by atoms with Crippen LogP contribution in [0.5, 0.6) is 0 Å². The van der Waals surface area contributed by atoms with Crippen molar-refractivity contribution in [1.82, 2.24) is 10.6 Å². The number of furan rings is 1. The SMILES string of the molecule is CC(NC(=O)CNC1(C)CCS(=O)(=O)C1)c1cc2ccccc2o1. The predicted octanol–water partition coefficient (Wildman–Crippen LogP) is 1.78. The molecular weight excluding hydrogens is 328 g/mol. The molecule has 1 saturated heterocycles. The number of carbonyl (C=O) groups excluding carboxylic acids is 1. The van der Waals surface area contributed by atoms with Gasteiger partial charge in [-0.15, -0.1) is 0 Å². The molecule has 2 heterocycles. The highest BCUT2D eigenvalue weighted by Gasteiger charge is 2.38. The van der Waals surface area contributed by atoms with Gasteiger partial charge >= 0.3 is 0 Å². The van der Waals surface area contributed by atoms with Crippen LogP contribution in [-0.4, -0.2) is 37.9 Å². The molecule has 24 heavy (non-hydrogen) atoms. The minimum atomic E-state index is -2.99. The highest BCUT2D eigenvalue weighted by atomic mass is 32.2. The zero-order chi connectivity index (χ0) is 17.4. The summed E-state index contributed by atoms with van der Waals surface area (Å²) in [4.78, 5) is 12.1. The number of nitrogens with one attached hydrogen (secondary N) is 2. The number of rotatable bonds is 5. The van der Waals surface area contributed by atoms with E-state index in [0.717, 1.165) is 11.0 Å². The van der Waals surface area contributed by atoms with Gasteiger partial charge in [-0.2, -0.15) is 0 Å². The first-order valence-corrected chi connectivity index (χ1v) is 9.82. The Kier molecular flexibility index (Phi) is 4.40. The van der Waals surface area contributed by atoms with E-state index in [1.165, 1.54) is 0 Å². The van der Waals surface area contributed by atoms with E-state index < -0.39 is 15.4 Å². The van der Waals surface area contributed by atoms with Crippen LogP contribution in [0.2, 0.25) is 0 Å². The van der Waals surface area contributed by atoms with Crippen molar-refractivity contribution in [2.45, 2.75) is 31.8 Å². The zero-order valence-electron chi connectivity index (χ0n) is 13.8. The van der Waals surface area contributed by atoms with Crippen LogP contribution in [0.4, 0.5) is 0 Å². The van der Waals surface area contributed by atoms with Gasteiger partial charge in [-0.1, -0.05) is 18.2 Å². The van der Waals surface area contributed by atoms with Crippen LogP contribution in [0.15, 0.2) is 34.7 Å². The topological polar surface area (TPSA) is 88.4 Å². The molecule has 7 heteroatoms. The molecule has 0 spiro atoms. The smallest absolute Gasteiger partial charge is 0.234 e. The summed E-state index contributed by atoms with van der Waals surface area (Å²) in [7, 11) is -2.99. The Morgan fingerprint density at radius 2 is 2.12 bits per heavy atom. The standard InChI is InChI=1S/C17H22N2O4S/c1-12(15-9-13-5-3-4-6-14(13)23-15)19-16(20)10-18-17(2)7-8-24(21,22)11-17/h3-6,9,12,18H,7-8,10-11H2,1-2H3,(H,19,20). The summed E-state index contributed by atoms with van der Waals surface area (Å²) in [5.74, 6) is 0.757. The minimum absolute atomic E-state index is 0.0758. The zero-order valence-corrected chi connectivity index (χ0v) is 14.7. The van der Waals surface area contributed by atoms with E-state index >= 15 is 0 Å². The summed E-state index contributed by atoms with van der Waals surface area (Å²) < 4.78 is 28.9. The molecular formula is C17H22N2O4S. The largest absolute Gasteiger partial charge is 0.459 e. The van der Waals surface area contributed by atoms with Crippen molar-refractivity contribution in [3.05, 3.63) is 36.1 Å². The van der Waals surface area contributed by atoms with Crippen LogP contribution in [0.3, 0.4) is 0 Å². The Morgan fingerprint density at radius 3 is 2.79 bits per heavy atom. The van der Waals surface area contributed by atoms with E-state index in [2.05, 4.69) is 10.6 Å². The summed E-state index contributed by atoms with van der Waals surface area (Å²) in [6.07, 6.45) is 0.530. The second kappa shape index (κ2) is 6.22. The molecule has 1 amide bonds. The van der Waals surface area contributed by atoms with Gasteiger partial charge in [-0.05, 0) is 32.4 Å². The molecule has 2 aromatic rings. The highest BCUT2D eigenvalue weighted by molar-refractivity contribution is 7.91. The molecule has 2 unspecified atom stereocenters. The van der Waals surface area contributed by atoms with Crippen molar-refractivity contribution in [1.29, 1.82) is 0 Å². The quantitative estimate of drug-likeness (QED) is 0.858. The maximum atomic E-state index is 12.1. The monoisotopic (exact) mass is 350 g/mol.